The van der Waals surface area contributed by atoms with Crippen LogP contribution in [-0.2, 0) is 20.8 Å². The highest BCUT2D eigenvalue weighted by Gasteiger charge is 2.32. The van der Waals surface area contributed by atoms with Crippen molar-refractivity contribution in [1.29, 1.82) is 0 Å². The van der Waals surface area contributed by atoms with Gasteiger partial charge < -0.3 is 14.2 Å². The maximum Gasteiger partial charge on any atom is 0.158 e. The van der Waals surface area contributed by atoms with Crippen LogP contribution in [0.3, 0.4) is 0 Å². The third kappa shape index (κ3) is 3.80. The number of ether oxygens (including phenoxy) is 3. The van der Waals surface area contributed by atoms with E-state index in [4.69, 9.17) is 14.2 Å². The zero-order valence-electron chi connectivity index (χ0n) is 11.2. The van der Waals surface area contributed by atoms with Gasteiger partial charge in [-0.25, -0.2) is 0 Å². The van der Waals surface area contributed by atoms with Gasteiger partial charge in [0.05, 0.1) is 19.3 Å². The predicted molar refractivity (Wildman–Crippen MR) is 70.2 cm³/mol. The third-order valence-electron chi connectivity index (χ3n) is 3.27. The first kappa shape index (κ1) is 13.5. The van der Waals surface area contributed by atoms with Crippen LogP contribution in [0.2, 0.25) is 0 Å². The Bertz CT molecular complexity index is 339. The summed E-state index contributed by atoms with van der Waals surface area (Å²) in [5.74, 6) is 0.498. The Balaban J connectivity index is 1.71. The first-order valence-electron chi connectivity index (χ1n) is 6.68. The van der Waals surface area contributed by atoms with Gasteiger partial charge in [-0.1, -0.05) is 37.3 Å². The Kier molecular flexibility index (Phi) is 5.17. The predicted octanol–water partition coefficient (Wildman–Crippen LogP) is 2.99. The Morgan fingerprint density at radius 2 is 2.06 bits per heavy atom. The van der Waals surface area contributed by atoms with Crippen LogP contribution in [0.5, 0.6) is 0 Å². The largest absolute Gasteiger partial charge is 0.374 e. The second-order valence-corrected chi connectivity index (χ2v) is 4.77. The number of hydrogen-bond acceptors (Lipinski definition) is 3. The van der Waals surface area contributed by atoms with Crippen molar-refractivity contribution in [2.45, 2.75) is 39.3 Å². The number of hydrogen-bond donors (Lipinski definition) is 0. The average Bonchev–Trinajstić information content (AvgIpc) is 2.72. The molecule has 0 bridgehead atoms. The lowest BCUT2D eigenvalue weighted by Gasteiger charge is -2.15. The van der Waals surface area contributed by atoms with Crippen LogP contribution in [0, 0.1) is 5.92 Å². The first-order chi connectivity index (χ1) is 8.79. The summed E-state index contributed by atoms with van der Waals surface area (Å²) in [6.45, 7) is 6.17. The van der Waals surface area contributed by atoms with Crippen molar-refractivity contribution in [1.82, 2.24) is 0 Å². The van der Waals surface area contributed by atoms with Crippen LogP contribution in [0.1, 0.15) is 25.8 Å². The molecule has 0 amide bonds. The summed E-state index contributed by atoms with van der Waals surface area (Å²) in [6.07, 6.45) is 1.08. The van der Waals surface area contributed by atoms with Crippen molar-refractivity contribution in [2.75, 3.05) is 13.2 Å². The summed E-state index contributed by atoms with van der Waals surface area (Å²) >= 11 is 0. The number of benzene rings is 1. The third-order valence-corrected chi connectivity index (χ3v) is 3.27. The van der Waals surface area contributed by atoms with Crippen molar-refractivity contribution in [3.05, 3.63) is 35.9 Å². The van der Waals surface area contributed by atoms with E-state index in [0.29, 0.717) is 25.7 Å². The van der Waals surface area contributed by atoms with E-state index >= 15 is 0 Å². The molecular formula is C15H22O3. The summed E-state index contributed by atoms with van der Waals surface area (Å²) in [6, 6.07) is 10.2. The molecule has 1 heterocycles. The van der Waals surface area contributed by atoms with Crippen molar-refractivity contribution >= 4 is 0 Å². The molecule has 3 nitrogen and oxygen atoms in total. The number of rotatable bonds is 6. The molecule has 0 aromatic heterocycles. The van der Waals surface area contributed by atoms with Crippen molar-refractivity contribution in [2.24, 2.45) is 5.92 Å². The summed E-state index contributed by atoms with van der Waals surface area (Å²) in [5.41, 5.74) is 1.20. The van der Waals surface area contributed by atoms with Crippen LogP contribution in [0.15, 0.2) is 30.3 Å². The Morgan fingerprint density at radius 3 is 2.78 bits per heavy atom. The van der Waals surface area contributed by atoms with Gasteiger partial charge in [0, 0.05) is 13.0 Å². The second kappa shape index (κ2) is 6.88. The van der Waals surface area contributed by atoms with Crippen LogP contribution in [0.4, 0.5) is 0 Å². The normalized spacial score (nSPS) is 27.6. The van der Waals surface area contributed by atoms with E-state index in [-0.39, 0.29) is 12.4 Å². The van der Waals surface area contributed by atoms with Gasteiger partial charge in [0.1, 0.15) is 0 Å². The molecule has 1 aliphatic heterocycles. The molecule has 1 aromatic carbocycles. The van der Waals surface area contributed by atoms with Gasteiger partial charge >= 0.3 is 0 Å². The van der Waals surface area contributed by atoms with E-state index in [2.05, 4.69) is 19.1 Å². The fourth-order valence-electron chi connectivity index (χ4n) is 2.20. The molecule has 1 saturated heterocycles. The van der Waals surface area contributed by atoms with Gasteiger partial charge in [0.15, 0.2) is 6.29 Å². The topological polar surface area (TPSA) is 27.7 Å². The lowest BCUT2D eigenvalue weighted by Crippen LogP contribution is -2.21. The highest BCUT2D eigenvalue weighted by Crippen LogP contribution is 2.27. The molecule has 0 spiro atoms. The quantitative estimate of drug-likeness (QED) is 0.777. The molecule has 1 aliphatic rings. The lowest BCUT2D eigenvalue weighted by atomic mass is 10.0. The molecule has 1 unspecified atom stereocenters. The molecule has 0 saturated carbocycles. The minimum Gasteiger partial charge on any atom is -0.374 e. The van der Waals surface area contributed by atoms with Gasteiger partial charge in [-0.15, -0.1) is 0 Å². The van der Waals surface area contributed by atoms with Gasteiger partial charge in [0.25, 0.3) is 0 Å². The summed E-state index contributed by atoms with van der Waals surface area (Å²) in [7, 11) is 0. The standard InChI is InChI=1S/C15H22O3/c1-3-17-15-9-12(2)14(18-15)11-16-10-13-7-5-4-6-8-13/h4-8,12,14-15H,3,9-11H2,1-2H3/t12-,14+,15?/m0/s1. The first-order valence-corrected chi connectivity index (χ1v) is 6.68. The lowest BCUT2D eigenvalue weighted by molar-refractivity contribution is -0.144. The highest BCUT2D eigenvalue weighted by molar-refractivity contribution is 5.13. The second-order valence-electron chi connectivity index (χ2n) is 4.77. The zero-order valence-corrected chi connectivity index (χ0v) is 11.2. The van der Waals surface area contributed by atoms with Crippen molar-refractivity contribution in [3.8, 4) is 0 Å². The van der Waals surface area contributed by atoms with Crippen LogP contribution < -0.4 is 0 Å². The van der Waals surface area contributed by atoms with Crippen molar-refractivity contribution in [3.63, 3.8) is 0 Å². The van der Waals surface area contributed by atoms with Crippen LogP contribution in [0.25, 0.3) is 0 Å². The minimum atomic E-state index is -0.0460. The van der Waals surface area contributed by atoms with E-state index in [1.807, 2.05) is 25.1 Å². The molecule has 18 heavy (non-hydrogen) atoms. The van der Waals surface area contributed by atoms with Gasteiger partial charge in [0.2, 0.25) is 0 Å². The minimum absolute atomic E-state index is 0.0460. The van der Waals surface area contributed by atoms with Gasteiger partial charge in [-0.3, -0.25) is 0 Å². The van der Waals surface area contributed by atoms with Crippen LogP contribution in [-0.4, -0.2) is 25.6 Å². The smallest absolute Gasteiger partial charge is 0.158 e. The Hall–Kier alpha value is -0.900. The fraction of sp³-hybridized carbons (Fsp3) is 0.600. The molecule has 0 radical (unpaired) electrons. The molecule has 0 N–H and O–H groups in total. The summed E-state index contributed by atoms with van der Waals surface area (Å²) in [5, 5.41) is 0. The molecule has 3 heteroatoms. The Labute approximate surface area is 109 Å². The molecule has 100 valence electrons. The van der Waals surface area contributed by atoms with Gasteiger partial charge in [-0.05, 0) is 18.4 Å². The molecule has 1 fully saturated rings. The average molecular weight is 250 g/mol. The Morgan fingerprint density at radius 1 is 1.28 bits per heavy atom. The summed E-state index contributed by atoms with van der Waals surface area (Å²) in [4.78, 5) is 0. The highest BCUT2D eigenvalue weighted by atomic mass is 16.7. The van der Waals surface area contributed by atoms with Crippen LogP contribution >= 0.6 is 0 Å². The van der Waals surface area contributed by atoms with E-state index in [1.165, 1.54) is 5.56 Å². The van der Waals surface area contributed by atoms with E-state index < -0.39 is 0 Å². The molecule has 3 atom stereocenters. The fourth-order valence-corrected chi connectivity index (χ4v) is 2.20. The zero-order chi connectivity index (χ0) is 12.8. The maximum atomic E-state index is 5.80. The van der Waals surface area contributed by atoms with Gasteiger partial charge in [-0.2, -0.15) is 0 Å². The molecule has 0 aliphatic carbocycles. The monoisotopic (exact) mass is 250 g/mol. The maximum absolute atomic E-state index is 5.80. The molecule has 2 rings (SSSR count). The molecule has 1 aromatic rings. The van der Waals surface area contributed by atoms with E-state index in [0.717, 1.165) is 6.42 Å². The van der Waals surface area contributed by atoms with E-state index in [9.17, 15) is 0 Å². The SMILES string of the molecule is CCOC1C[C@H](C)[C@@H](COCc2ccccc2)O1. The van der Waals surface area contributed by atoms with Crippen molar-refractivity contribution < 1.29 is 14.2 Å². The molecular weight excluding hydrogens is 228 g/mol. The van der Waals surface area contributed by atoms with E-state index in [1.54, 1.807) is 0 Å². The summed E-state index contributed by atoms with van der Waals surface area (Å²) < 4.78 is 17.0.